The van der Waals surface area contributed by atoms with Crippen LogP contribution in [0, 0.1) is 12.7 Å². The number of fused-ring (bicyclic) bond motifs is 1. The van der Waals surface area contributed by atoms with E-state index in [9.17, 15) is 14.0 Å². The van der Waals surface area contributed by atoms with E-state index in [1.54, 1.807) is 30.4 Å². The fourth-order valence-corrected chi connectivity index (χ4v) is 5.67. The summed E-state index contributed by atoms with van der Waals surface area (Å²) in [6.07, 6.45) is 1.62. The number of carbonyl (C=O) groups excluding carboxylic acids is 1. The molecule has 0 radical (unpaired) electrons. The number of aryl methyl sites for hydroxylation is 1. The van der Waals surface area contributed by atoms with Crippen LogP contribution in [0.15, 0.2) is 63.7 Å². The molecule has 158 valence electrons. The van der Waals surface area contributed by atoms with E-state index in [-0.39, 0.29) is 29.5 Å². The first kappa shape index (κ1) is 21.5. The first-order chi connectivity index (χ1) is 15.0. The Balaban J connectivity index is 1.61. The molecule has 0 aliphatic carbocycles. The van der Waals surface area contributed by atoms with Crippen LogP contribution in [0.4, 0.5) is 10.1 Å². The molecule has 9 heteroatoms. The number of benzene rings is 1. The number of aromatic nitrogens is 2. The Morgan fingerprint density at radius 2 is 2.19 bits per heavy atom. The van der Waals surface area contributed by atoms with Crippen molar-refractivity contribution >= 4 is 56.2 Å². The Bertz CT molecular complexity index is 1330. The van der Waals surface area contributed by atoms with Gasteiger partial charge in [0.05, 0.1) is 16.8 Å². The minimum Gasteiger partial charge on any atom is -0.323 e. The van der Waals surface area contributed by atoms with Gasteiger partial charge in [-0.15, -0.1) is 29.3 Å². The molecular weight excluding hydrogens is 453 g/mol. The molecule has 3 aromatic heterocycles. The van der Waals surface area contributed by atoms with E-state index in [0.717, 1.165) is 27.8 Å². The van der Waals surface area contributed by atoms with E-state index in [1.807, 2.05) is 22.9 Å². The van der Waals surface area contributed by atoms with Crippen LogP contribution in [0.25, 0.3) is 20.7 Å². The van der Waals surface area contributed by atoms with Crippen molar-refractivity contribution in [3.05, 3.63) is 75.5 Å². The van der Waals surface area contributed by atoms with Gasteiger partial charge in [-0.05, 0) is 36.1 Å². The fourth-order valence-electron chi connectivity index (χ4n) is 3.06. The Hall–Kier alpha value is -2.75. The van der Waals surface area contributed by atoms with Gasteiger partial charge in [-0.1, -0.05) is 30.0 Å². The van der Waals surface area contributed by atoms with Crippen molar-refractivity contribution < 1.29 is 9.18 Å². The van der Waals surface area contributed by atoms with Crippen molar-refractivity contribution in [1.29, 1.82) is 0 Å². The molecule has 1 amide bonds. The minimum absolute atomic E-state index is 0.00837. The average Bonchev–Trinajstić information content (AvgIpc) is 3.40. The molecule has 5 nitrogen and oxygen atoms in total. The standard InChI is InChI=1S/C22H18FN3O2S3/c1-3-8-26-21(28)19-14(17-5-4-9-29-17)11-30-20(19)25-22(26)31-12-18(27)24-16-7-6-13(2)10-15(16)23/h3-7,9-11H,1,8,12H2,2H3,(H,24,27). The number of nitrogens with one attached hydrogen (secondary N) is 1. The number of thioether (sulfide) groups is 1. The smallest absolute Gasteiger partial charge is 0.263 e. The largest absolute Gasteiger partial charge is 0.323 e. The molecule has 0 unspecified atom stereocenters. The summed E-state index contributed by atoms with van der Waals surface area (Å²) in [5.41, 5.74) is 1.60. The van der Waals surface area contributed by atoms with E-state index in [1.165, 1.54) is 28.0 Å². The van der Waals surface area contributed by atoms with Gasteiger partial charge in [0.2, 0.25) is 5.91 Å². The third kappa shape index (κ3) is 4.48. The zero-order valence-electron chi connectivity index (χ0n) is 16.6. The van der Waals surface area contributed by atoms with Gasteiger partial charge in [0.25, 0.3) is 5.56 Å². The van der Waals surface area contributed by atoms with Gasteiger partial charge in [-0.25, -0.2) is 9.37 Å². The lowest BCUT2D eigenvalue weighted by molar-refractivity contribution is -0.113. The number of amides is 1. The number of hydrogen-bond donors (Lipinski definition) is 1. The lowest BCUT2D eigenvalue weighted by atomic mass is 10.2. The van der Waals surface area contributed by atoms with Gasteiger partial charge >= 0.3 is 0 Å². The van der Waals surface area contributed by atoms with Gasteiger partial charge in [0.15, 0.2) is 5.16 Å². The minimum atomic E-state index is -0.485. The Morgan fingerprint density at radius 1 is 1.35 bits per heavy atom. The normalized spacial score (nSPS) is 11.0. The summed E-state index contributed by atoms with van der Waals surface area (Å²) in [7, 11) is 0. The Morgan fingerprint density at radius 3 is 2.90 bits per heavy atom. The number of rotatable bonds is 7. The van der Waals surface area contributed by atoms with Crippen LogP contribution < -0.4 is 10.9 Å². The predicted molar refractivity (Wildman–Crippen MR) is 128 cm³/mol. The number of nitrogens with zero attached hydrogens (tertiary/aromatic N) is 2. The van der Waals surface area contributed by atoms with E-state index in [2.05, 4.69) is 16.9 Å². The van der Waals surface area contributed by atoms with Gasteiger partial charge in [-0.2, -0.15) is 0 Å². The third-order valence-corrected chi connectivity index (χ3v) is 7.24. The SMILES string of the molecule is C=CCn1c(SCC(=O)Nc2ccc(C)cc2F)nc2scc(-c3cccs3)c2c1=O. The second-order valence-electron chi connectivity index (χ2n) is 6.73. The molecule has 0 aliphatic heterocycles. The Labute approximate surface area is 190 Å². The molecule has 0 spiro atoms. The highest BCUT2D eigenvalue weighted by Crippen LogP contribution is 2.34. The van der Waals surface area contributed by atoms with Crippen molar-refractivity contribution in [2.75, 3.05) is 11.1 Å². The number of anilines is 1. The second kappa shape index (κ2) is 9.17. The predicted octanol–water partition coefficient (Wildman–Crippen LogP) is 5.55. The molecule has 0 atom stereocenters. The van der Waals surface area contributed by atoms with E-state index < -0.39 is 5.82 Å². The molecule has 0 aliphatic rings. The van der Waals surface area contributed by atoms with Crippen molar-refractivity contribution in [3.8, 4) is 10.4 Å². The van der Waals surface area contributed by atoms with Gasteiger partial charge in [0.1, 0.15) is 10.6 Å². The molecular formula is C22H18FN3O2S3. The van der Waals surface area contributed by atoms with Gasteiger partial charge < -0.3 is 5.32 Å². The summed E-state index contributed by atoms with van der Waals surface area (Å²) in [5, 5.41) is 7.47. The van der Waals surface area contributed by atoms with Crippen LogP contribution in [0.1, 0.15) is 5.56 Å². The molecule has 4 rings (SSSR count). The van der Waals surface area contributed by atoms with Crippen LogP contribution in [-0.4, -0.2) is 21.2 Å². The zero-order chi connectivity index (χ0) is 22.0. The van der Waals surface area contributed by atoms with Crippen LogP contribution >= 0.6 is 34.4 Å². The molecule has 0 fully saturated rings. The summed E-state index contributed by atoms with van der Waals surface area (Å²) >= 11 is 4.10. The number of thiophene rings is 2. The topological polar surface area (TPSA) is 64.0 Å². The van der Waals surface area contributed by atoms with Gasteiger partial charge in [-0.3, -0.25) is 14.2 Å². The second-order valence-corrected chi connectivity index (χ2v) is 9.47. The average molecular weight is 472 g/mol. The molecule has 0 bridgehead atoms. The van der Waals surface area contributed by atoms with Crippen molar-refractivity contribution in [1.82, 2.24) is 9.55 Å². The maximum atomic E-state index is 14.0. The third-order valence-electron chi connectivity index (χ3n) is 4.49. The van der Waals surface area contributed by atoms with E-state index in [4.69, 9.17) is 0 Å². The molecule has 0 saturated carbocycles. The van der Waals surface area contributed by atoms with Crippen LogP contribution in [0.5, 0.6) is 0 Å². The van der Waals surface area contributed by atoms with Crippen molar-refractivity contribution in [3.63, 3.8) is 0 Å². The lowest BCUT2D eigenvalue weighted by Gasteiger charge is -2.11. The molecule has 0 saturated heterocycles. The van der Waals surface area contributed by atoms with Crippen LogP contribution in [0.3, 0.4) is 0 Å². The molecule has 1 aromatic carbocycles. The quantitative estimate of drug-likeness (QED) is 0.218. The highest BCUT2D eigenvalue weighted by Gasteiger charge is 2.18. The van der Waals surface area contributed by atoms with E-state index in [0.29, 0.717) is 15.4 Å². The lowest BCUT2D eigenvalue weighted by Crippen LogP contribution is -2.23. The maximum Gasteiger partial charge on any atom is 0.263 e. The highest BCUT2D eigenvalue weighted by molar-refractivity contribution is 7.99. The highest BCUT2D eigenvalue weighted by atomic mass is 32.2. The van der Waals surface area contributed by atoms with Crippen LogP contribution in [-0.2, 0) is 11.3 Å². The molecule has 3 heterocycles. The van der Waals surface area contributed by atoms with Crippen LogP contribution in [0.2, 0.25) is 0 Å². The summed E-state index contributed by atoms with van der Waals surface area (Å²) in [5.74, 6) is -0.871. The number of hydrogen-bond acceptors (Lipinski definition) is 6. The van der Waals surface area contributed by atoms with Gasteiger partial charge in [0, 0.05) is 22.4 Å². The summed E-state index contributed by atoms with van der Waals surface area (Å²) < 4.78 is 15.5. The fraction of sp³-hybridized carbons (Fsp3) is 0.136. The summed E-state index contributed by atoms with van der Waals surface area (Å²) in [6.45, 7) is 5.79. The summed E-state index contributed by atoms with van der Waals surface area (Å²) in [4.78, 5) is 31.9. The monoisotopic (exact) mass is 471 g/mol. The summed E-state index contributed by atoms with van der Waals surface area (Å²) in [6, 6.07) is 8.54. The Kier molecular flexibility index (Phi) is 6.35. The maximum absolute atomic E-state index is 14.0. The molecule has 1 N–H and O–H groups in total. The van der Waals surface area contributed by atoms with E-state index >= 15 is 0 Å². The number of halogens is 1. The van der Waals surface area contributed by atoms with Crippen molar-refractivity contribution in [2.45, 2.75) is 18.6 Å². The molecule has 4 aromatic rings. The zero-order valence-corrected chi connectivity index (χ0v) is 19.0. The number of allylic oxidation sites excluding steroid dienone is 1. The van der Waals surface area contributed by atoms with Crippen molar-refractivity contribution in [2.24, 2.45) is 0 Å². The molecule has 31 heavy (non-hydrogen) atoms. The first-order valence-corrected chi connectivity index (χ1v) is 12.1. The first-order valence-electron chi connectivity index (χ1n) is 9.33. The number of carbonyl (C=O) groups is 1.